The molecule has 0 spiro atoms. The van der Waals surface area contributed by atoms with Crippen LogP contribution in [-0.4, -0.2) is 40.4 Å². The van der Waals surface area contributed by atoms with E-state index in [4.69, 9.17) is 0 Å². The third kappa shape index (κ3) is 3.37. The molecule has 7 heteroatoms. The average Bonchev–Trinajstić information content (AvgIpc) is 2.58. The monoisotopic (exact) mass is 360 g/mol. The number of rotatable bonds is 6. The molecule has 1 aromatic heterocycles. The predicted molar refractivity (Wildman–Crippen MR) is 97.3 cm³/mol. The smallest absolute Gasteiger partial charge is 0.341 e. The van der Waals surface area contributed by atoms with Gasteiger partial charge in [0, 0.05) is 44.5 Å². The van der Waals surface area contributed by atoms with Crippen LogP contribution in [0.1, 0.15) is 40.1 Å². The number of hydrogen-bond donors (Lipinski definition) is 1. The van der Waals surface area contributed by atoms with Gasteiger partial charge in [-0.2, -0.15) is 0 Å². The van der Waals surface area contributed by atoms with Gasteiger partial charge in [-0.15, -0.1) is 0 Å². The first-order valence-electron chi connectivity index (χ1n) is 8.23. The highest BCUT2D eigenvalue weighted by atomic mass is 19.1. The van der Waals surface area contributed by atoms with Crippen LogP contribution in [0.5, 0.6) is 0 Å². The average molecular weight is 360 g/mol. The standard InChI is InChI=1S/C19H21FN2O4/c1-5-11-16(15(23)7-8-21(3)4)14(20)9-12-17(11)22(6-2)10-13(18(12)24)19(25)26/h7-10H,5-6H2,1-4H3,(H,25,26)/b8-7+. The summed E-state index contributed by atoms with van der Waals surface area (Å²) in [4.78, 5) is 38.0. The molecule has 1 N–H and O–H groups in total. The second-order valence-corrected chi connectivity index (χ2v) is 6.07. The Morgan fingerprint density at radius 3 is 2.46 bits per heavy atom. The van der Waals surface area contributed by atoms with Crippen molar-refractivity contribution in [2.75, 3.05) is 14.1 Å². The van der Waals surface area contributed by atoms with Crippen LogP contribution in [0.2, 0.25) is 0 Å². The Bertz CT molecular complexity index is 974. The van der Waals surface area contributed by atoms with E-state index in [1.807, 2.05) is 0 Å². The maximum Gasteiger partial charge on any atom is 0.341 e. The number of pyridine rings is 1. The first-order chi connectivity index (χ1) is 12.2. The van der Waals surface area contributed by atoms with Crippen molar-refractivity contribution in [2.24, 2.45) is 0 Å². The number of aromatic nitrogens is 1. The van der Waals surface area contributed by atoms with Crippen LogP contribution in [0.4, 0.5) is 4.39 Å². The second kappa shape index (κ2) is 7.51. The first kappa shape index (κ1) is 19.4. The quantitative estimate of drug-likeness (QED) is 0.633. The number of ketones is 1. The molecule has 0 saturated carbocycles. The maximum absolute atomic E-state index is 14.7. The Kier molecular flexibility index (Phi) is 5.59. The Labute approximate surface area is 150 Å². The molecule has 2 rings (SSSR count). The summed E-state index contributed by atoms with van der Waals surface area (Å²) in [5.74, 6) is -2.70. The largest absolute Gasteiger partial charge is 0.477 e. The van der Waals surface area contributed by atoms with E-state index in [-0.39, 0.29) is 10.9 Å². The number of aryl methyl sites for hydroxylation is 2. The number of carboxylic acids is 1. The summed E-state index contributed by atoms with van der Waals surface area (Å²) in [6.07, 6.45) is 4.35. The van der Waals surface area contributed by atoms with Crippen LogP contribution >= 0.6 is 0 Å². The van der Waals surface area contributed by atoms with E-state index in [0.29, 0.717) is 24.0 Å². The number of carboxylic acid groups (broad SMARTS) is 1. The van der Waals surface area contributed by atoms with Gasteiger partial charge in [0.1, 0.15) is 11.4 Å². The lowest BCUT2D eigenvalue weighted by Gasteiger charge is -2.17. The maximum atomic E-state index is 14.7. The van der Waals surface area contributed by atoms with Gasteiger partial charge in [0.15, 0.2) is 5.78 Å². The van der Waals surface area contributed by atoms with Gasteiger partial charge in [-0.1, -0.05) is 6.92 Å². The second-order valence-electron chi connectivity index (χ2n) is 6.07. The minimum absolute atomic E-state index is 0.0331. The summed E-state index contributed by atoms with van der Waals surface area (Å²) >= 11 is 0. The number of hydrogen-bond acceptors (Lipinski definition) is 4. The predicted octanol–water partition coefficient (Wildman–Crippen LogP) is 2.68. The molecule has 0 aliphatic heterocycles. The van der Waals surface area contributed by atoms with E-state index < -0.39 is 28.6 Å². The molecule has 1 heterocycles. The van der Waals surface area contributed by atoms with Crippen molar-refractivity contribution in [2.45, 2.75) is 26.8 Å². The third-order valence-electron chi connectivity index (χ3n) is 4.11. The summed E-state index contributed by atoms with van der Waals surface area (Å²) in [7, 11) is 3.48. The Balaban J connectivity index is 2.93. The fourth-order valence-corrected chi connectivity index (χ4v) is 2.93. The fourth-order valence-electron chi connectivity index (χ4n) is 2.93. The molecule has 0 aliphatic rings. The molecule has 0 atom stereocenters. The van der Waals surface area contributed by atoms with Gasteiger partial charge in [-0.05, 0) is 25.0 Å². The van der Waals surface area contributed by atoms with E-state index >= 15 is 0 Å². The van der Waals surface area contributed by atoms with Gasteiger partial charge in [0.05, 0.1) is 11.1 Å². The molecule has 0 fully saturated rings. The number of benzene rings is 1. The molecule has 0 unspecified atom stereocenters. The molecule has 0 amide bonds. The molecular weight excluding hydrogens is 339 g/mol. The van der Waals surface area contributed by atoms with Crippen LogP contribution in [0, 0.1) is 5.82 Å². The zero-order valence-electron chi connectivity index (χ0n) is 15.2. The van der Waals surface area contributed by atoms with E-state index in [2.05, 4.69) is 0 Å². The number of halogens is 1. The van der Waals surface area contributed by atoms with Gasteiger partial charge >= 0.3 is 5.97 Å². The highest BCUT2D eigenvalue weighted by molar-refractivity contribution is 6.08. The number of allylic oxidation sites excluding steroid dienone is 1. The first-order valence-corrected chi connectivity index (χ1v) is 8.23. The normalized spacial score (nSPS) is 11.3. The lowest BCUT2D eigenvalue weighted by molar-refractivity contribution is 0.0694. The molecule has 0 aliphatic carbocycles. The Morgan fingerprint density at radius 1 is 1.31 bits per heavy atom. The van der Waals surface area contributed by atoms with E-state index in [1.165, 1.54) is 18.5 Å². The van der Waals surface area contributed by atoms with Crippen LogP contribution < -0.4 is 5.43 Å². The minimum Gasteiger partial charge on any atom is -0.477 e. The molecule has 0 bridgehead atoms. The fraction of sp³-hybridized carbons (Fsp3) is 0.316. The molecule has 0 saturated heterocycles. The lowest BCUT2D eigenvalue weighted by atomic mass is 9.95. The summed E-state index contributed by atoms with van der Waals surface area (Å²) in [5, 5.41) is 9.20. The third-order valence-corrected chi connectivity index (χ3v) is 4.11. The zero-order chi connectivity index (χ0) is 19.6. The number of carbonyl (C=O) groups excluding carboxylic acids is 1. The van der Waals surface area contributed by atoms with Crippen molar-refractivity contribution >= 4 is 22.7 Å². The van der Waals surface area contributed by atoms with E-state index in [1.54, 1.807) is 37.4 Å². The summed E-state index contributed by atoms with van der Waals surface area (Å²) in [5.41, 5.74) is -0.485. The lowest BCUT2D eigenvalue weighted by Crippen LogP contribution is -2.21. The van der Waals surface area contributed by atoms with Crippen molar-refractivity contribution in [1.29, 1.82) is 0 Å². The number of fused-ring (bicyclic) bond motifs is 1. The topological polar surface area (TPSA) is 79.6 Å². The van der Waals surface area contributed by atoms with Gasteiger partial charge in [0.25, 0.3) is 0 Å². The van der Waals surface area contributed by atoms with Crippen LogP contribution in [0.3, 0.4) is 0 Å². The van der Waals surface area contributed by atoms with Gasteiger partial charge < -0.3 is 14.6 Å². The van der Waals surface area contributed by atoms with Gasteiger partial charge in [-0.3, -0.25) is 9.59 Å². The molecule has 0 radical (unpaired) electrons. The summed E-state index contributed by atoms with van der Waals surface area (Å²) in [6.45, 7) is 3.92. The van der Waals surface area contributed by atoms with Crippen LogP contribution in [0.25, 0.3) is 10.9 Å². The van der Waals surface area contributed by atoms with Gasteiger partial charge in [0.2, 0.25) is 5.43 Å². The number of nitrogens with zero attached hydrogens (tertiary/aromatic N) is 2. The van der Waals surface area contributed by atoms with E-state index in [0.717, 1.165) is 6.07 Å². The number of aromatic carboxylic acids is 1. The minimum atomic E-state index is -1.37. The van der Waals surface area contributed by atoms with Crippen molar-refractivity contribution in [1.82, 2.24) is 9.47 Å². The van der Waals surface area contributed by atoms with Crippen molar-refractivity contribution in [3.63, 3.8) is 0 Å². The number of carbonyl (C=O) groups is 2. The van der Waals surface area contributed by atoms with Crippen molar-refractivity contribution in [3.05, 3.63) is 57.3 Å². The van der Waals surface area contributed by atoms with Crippen LogP contribution in [0.15, 0.2) is 29.3 Å². The van der Waals surface area contributed by atoms with Crippen molar-refractivity contribution in [3.8, 4) is 0 Å². The molecule has 26 heavy (non-hydrogen) atoms. The van der Waals surface area contributed by atoms with Crippen LogP contribution in [-0.2, 0) is 13.0 Å². The summed E-state index contributed by atoms with van der Waals surface area (Å²) < 4.78 is 16.3. The van der Waals surface area contributed by atoms with E-state index in [9.17, 15) is 23.9 Å². The molecular formula is C19H21FN2O4. The molecule has 6 nitrogen and oxygen atoms in total. The molecule has 138 valence electrons. The SMILES string of the molecule is CCc1c(C(=O)/C=C/N(C)C)c(F)cc2c(=O)c(C(=O)O)cn(CC)c12. The van der Waals surface area contributed by atoms with Crippen molar-refractivity contribution < 1.29 is 19.1 Å². The zero-order valence-corrected chi connectivity index (χ0v) is 15.2. The Morgan fingerprint density at radius 2 is 1.96 bits per heavy atom. The summed E-state index contributed by atoms with van der Waals surface area (Å²) in [6, 6.07) is 0.964. The van der Waals surface area contributed by atoms with Gasteiger partial charge in [-0.25, -0.2) is 9.18 Å². The molecule has 2 aromatic rings. The molecule has 1 aromatic carbocycles. The highest BCUT2D eigenvalue weighted by Crippen LogP contribution is 2.26. The Hall–Kier alpha value is -2.96. The highest BCUT2D eigenvalue weighted by Gasteiger charge is 2.23.